The molecule has 1 amide bonds. The predicted octanol–water partition coefficient (Wildman–Crippen LogP) is 3.35. The maximum Gasteiger partial charge on any atom is 0.326 e. The Morgan fingerprint density at radius 2 is 2.00 bits per heavy atom. The molecule has 0 fully saturated rings. The lowest BCUT2D eigenvalue weighted by Crippen LogP contribution is -2.41. The van der Waals surface area contributed by atoms with Crippen molar-refractivity contribution in [2.45, 2.75) is 53.1 Å². The van der Waals surface area contributed by atoms with Crippen LogP contribution >= 0.6 is 0 Å². The van der Waals surface area contributed by atoms with Crippen molar-refractivity contribution in [3.63, 3.8) is 0 Å². The SMILES string of the molecule is CCCC(NC(=O)c1c(C)c2cc(OCC)ccc2n1CC)C(=O)O. The van der Waals surface area contributed by atoms with Gasteiger partial charge in [-0.15, -0.1) is 0 Å². The number of hydrogen-bond acceptors (Lipinski definition) is 3. The molecule has 0 aliphatic rings. The minimum atomic E-state index is -1.01. The molecule has 0 radical (unpaired) electrons. The first kappa shape index (κ1) is 18.8. The Hall–Kier alpha value is -2.50. The summed E-state index contributed by atoms with van der Waals surface area (Å²) < 4.78 is 7.47. The third-order valence-electron chi connectivity index (χ3n) is 4.31. The Labute approximate surface area is 147 Å². The van der Waals surface area contributed by atoms with Crippen molar-refractivity contribution in [2.24, 2.45) is 0 Å². The lowest BCUT2D eigenvalue weighted by Gasteiger charge is -2.15. The number of nitrogens with zero attached hydrogens (tertiary/aromatic N) is 1. The van der Waals surface area contributed by atoms with Crippen molar-refractivity contribution in [2.75, 3.05) is 6.61 Å². The highest BCUT2D eigenvalue weighted by Crippen LogP contribution is 2.29. The summed E-state index contributed by atoms with van der Waals surface area (Å²) in [7, 11) is 0. The highest BCUT2D eigenvalue weighted by Gasteiger charge is 2.24. The van der Waals surface area contributed by atoms with E-state index in [1.54, 1.807) is 0 Å². The molecule has 0 bridgehead atoms. The summed E-state index contributed by atoms with van der Waals surface area (Å²) in [6.07, 6.45) is 1.09. The van der Waals surface area contributed by atoms with E-state index in [-0.39, 0.29) is 5.91 Å². The fourth-order valence-corrected chi connectivity index (χ4v) is 3.15. The largest absolute Gasteiger partial charge is 0.494 e. The van der Waals surface area contributed by atoms with Crippen LogP contribution < -0.4 is 10.1 Å². The van der Waals surface area contributed by atoms with Crippen LogP contribution in [-0.4, -0.2) is 34.2 Å². The number of amides is 1. The molecule has 1 unspecified atom stereocenters. The van der Waals surface area contributed by atoms with E-state index in [0.717, 1.165) is 22.2 Å². The minimum Gasteiger partial charge on any atom is -0.494 e. The van der Waals surface area contributed by atoms with Crippen LogP contribution in [-0.2, 0) is 11.3 Å². The van der Waals surface area contributed by atoms with Crippen molar-refractivity contribution in [3.05, 3.63) is 29.5 Å². The summed E-state index contributed by atoms with van der Waals surface area (Å²) in [5.74, 6) is -0.604. The number of carboxylic acid groups (broad SMARTS) is 1. The first-order chi connectivity index (χ1) is 11.9. The maximum atomic E-state index is 12.8. The molecule has 0 spiro atoms. The topological polar surface area (TPSA) is 80.6 Å². The van der Waals surface area contributed by atoms with Crippen molar-refractivity contribution < 1.29 is 19.4 Å². The van der Waals surface area contributed by atoms with Gasteiger partial charge in [0.15, 0.2) is 0 Å². The van der Waals surface area contributed by atoms with Crippen LogP contribution in [0, 0.1) is 6.92 Å². The third kappa shape index (κ3) is 3.78. The molecule has 6 heteroatoms. The average molecular weight is 346 g/mol. The van der Waals surface area contributed by atoms with Gasteiger partial charge < -0.3 is 19.7 Å². The van der Waals surface area contributed by atoms with E-state index in [1.807, 2.05) is 50.5 Å². The average Bonchev–Trinajstić information content (AvgIpc) is 2.86. The number of aryl methyl sites for hydroxylation is 2. The zero-order valence-corrected chi connectivity index (χ0v) is 15.3. The molecule has 6 nitrogen and oxygen atoms in total. The first-order valence-corrected chi connectivity index (χ1v) is 8.73. The maximum absolute atomic E-state index is 12.8. The van der Waals surface area contributed by atoms with Crippen LogP contribution in [0.4, 0.5) is 0 Å². The summed E-state index contributed by atoms with van der Waals surface area (Å²) in [6, 6.07) is 4.88. The van der Waals surface area contributed by atoms with Crippen LogP contribution in [0.25, 0.3) is 10.9 Å². The zero-order valence-electron chi connectivity index (χ0n) is 15.3. The number of fused-ring (bicyclic) bond motifs is 1. The van der Waals surface area contributed by atoms with Gasteiger partial charge >= 0.3 is 5.97 Å². The summed E-state index contributed by atoms with van der Waals surface area (Å²) in [6.45, 7) is 8.86. The van der Waals surface area contributed by atoms with Gasteiger partial charge in [0, 0.05) is 17.4 Å². The van der Waals surface area contributed by atoms with E-state index in [9.17, 15) is 14.7 Å². The molecule has 0 saturated carbocycles. The summed E-state index contributed by atoms with van der Waals surface area (Å²) in [5, 5.41) is 12.9. The summed E-state index contributed by atoms with van der Waals surface area (Å²) in [5.41, 5.74) is 2.28. The number of rotatable bonds is 8. The van der Waals surface area contributed by atoms with Crippen molar-refractivity contribution >= 4 is 22.8 Å². The molecule has 1 heterocycles. The lowest BCUT2D eigenvalue weighted by atomic mass is 10.1. The molecular weight excluding hydrogens is 320 g/mol. The number of ether oxygens (including phenoxy) is 1. The Morgan fingerprint density at radius 1 is 1.28 bits per heavy atom. The van der Waals surface area contributed by atoms with E-state index in [2.05, 4.69) is 5.32 Å². The number of hydrogen-bond donors (Lipinski definition) is 2. The van der Waals surface area contributed by atoms with Gasteiger partial charge in [-0.05, 0) is 51.0 Å². The zero-order chi connectivity index (χ0) is 18.6. The molecule has 2 aromatic rings. The molecule has 25 heavy (non-hydrogen) atoms. The van der Waals surface area contributed by atoms with E-state index in [1.165, 1.54) is 0 Å². The first-order valence-electron chi connectivity index (χ1n) is 8.73. The predicted molar refractivity (Wildman–Crippen MR) is 97.3 cm³/mol. The quantitative estimate of drug-likeness (QED) is 0.768. The van der Waals surface area contributed by atoms with Crippen LogP contribution in [0.3, 0.4) is 0 Å². The Bertz CT molecular complexity index is 779. The van der Waals surface area contributed by atoms with Crippen molar-refractivity contribution in [1.82, 2.24) is 9.88 Å². The molecule has 1 atom stereocenters. The molecule has 1 aromatic carbocycles. The van der Waals surface area contributed by atoms with Gasteiger partial charge in [0.05, 0.1) is 6.61 Å². The van der Waals surface area contributed by atoms with Gasteiger partial charge in [-0.3, -0.25) is 4.79 Å². The molecule has 2 N–H and O–H groups in total. The fraction of sp³-hybridized carbons (Fsp3) is 0.474. The fourth-order valence-electron chi connectivity index (χ4n) is 3.15. The van der Waals surface area contributed by atoms with Gasteiger partial charge in [0.1, 0.15) is 17.5 Å². The number of carboxylic acids is 1. The standard InChI is InChI=1S/C19H26N2O4/c1-5-8-15(19(23)24)20-18(22)17-12(4)14-11-13(25-7-3)9-10-16(14)21(17)6-2/h9-11,15H,5-8H2,1-4H3,(H,20,22)(H,23,24). The van der Waals surface area contributed by atoms with E-state index < -0.39 is 12.0 Å². The van der Waals surface area contributed by atoms with Gasteiger partial charge in [-0.1, -0.05) is 13.3 Å². The monoisotopic (exact) mass is 346 g/mol. The second-order valence-electron chi connectivity index (χ2n) is 5.98. The molecule has 1 aromatic heterocycles. The smallest absolute Gasteiger partial charge is 0.326 e. The minimum absolute atomic E-state index is 0.352. The van der Waals surface area contributed by atoms with Gasteiger partial charge in [-0.25, -0.2) is 4.79 Å². The normalized spacial score (nSPS) is 12.2. The summed E-state index contributed by atoms with van der Waals surface area (Å²) >= 11 is 0. The number of nitrogens with one attached hydrogen (secondary N) is 1. The second kappa shape index (κ2) is 8.05. The van der Waals surface area contributed by atoms with Crippen molar-refractivity contribution in [3.8, 4) is 5.75 Å². The molecule has 0 saturated heterocycles. The molecule has 0 aliphatic heterocycles. The molecular formula is C19H26N2O4. The van der Waals surface area contributed by atoms with Crippen LogP contribution in [0.15, 0.2) is 18.2 Å². The molecule has 136 valence electrons. The highest BCUT2D eigenvalue weighted by atomic mass is 16.5. The number of carbonyl (C=O) groups excluding carboxylic acids is 1. The Kier molecular flexibility index (Phi) is 6.07. The number of benzene rings is 1. The Morgan fingerprint density at radius 3 is 2.56 bits per heavy atom. The van der Waals surface area contributed by atoms with Crippen LogP contribution in [0.5, 0.6) is 5.75 Å². The van der Waals surface area contributed by atoms with Gasteiger partial charge in [0.25, 0.3) is 5.91 Å². The Balaban J connectivity index is 2.47. The van der Waals surface area contributed by atoms with E-state index in [4.69, 9.17) is 4.74 Å². The lowest BCUT2D eigenvalue weighted by molar-refractivity contribution is -0.139. The van der Waals surface area contributed by atoms with E-state index in [0.29, 0.717) is 31.7 Å². The third-order valence-corrected chi connectivity index (χ3v) is 4.31. The van der Waals surface area contributed by atoms with Crippen LogP contribution in [0.1, 0.15) is 49.7 Å². The number of aromatic nitrogens is 1. The number of carbonyl (C=O) groups is 2. The van der Waals surface area contributed by atoms with Crippen molar-refractivity contribution in [1.29, 1.82) is 0 Å². The molecule has 2 rings (SSSR count). The summed E-state index contributed by atoms with van der Waals surface area (Å²) in [4.78, 5) is 24.1. The number of aliphatic carboxylic acids is 1. The van der Waals surface area contributed by atoms with Crippen LogP contribution in [0.2, 0.25) is 0 Å². The molecule has 0 aliphatic carbocycles. The van der Waals surface area contributed by atoms with Gasteiger partial charge in [-0.2, -0.15) is 0 Å². The highest BCUT2D eigenvalue weighted by molar-refractivity contribution is 6.03. The van der Waals surface area contributed by atoms with E-state index >= 15 is 0 Å². The van der Waals surface area contributed by atoms with Gasteiger partial charge in [0.2, 0.25) is 0 Å². The second-order valence-corrected chi connectivity index (χ2v) is 5.98.